The SMILES string of the molecule is N#Cc1c(-c2ccccc2Br)cc(-c2ccc(Nc3cc(=O)oc4ccccc34)cc2)nc1N. The second-order valence-electron chi connectivity index (χ2n) is 7.58. The standard InChI is InChI=1S/C27H17BrN4O2/c28-22-7-3-1-5-18(22)20-13-23(32-27(30)21(20)15-29)16-9-11-17(12-10-16)31-24-14-26(33)34-25-8-4-2-6-19(24)25/h1-14,31H,(H2,30,32). The summed E-state index contributed by atoms with van der Waals surface area (Å²) in [7, 11) is 0. The molecule has 2 aromatic heterocycles. The molecule has 0 radical (unpaired) electrons. The van der Waals surface area contributed by atoms with E-state index in [0.717, 1.165) is 26.7 Å². The molecule has 0 aliphatic heterocycles. The lowest BCUT2D eigenvalue weighted by Crippen LogP contribution is -2.01. The third kappa shape index (κ3) is 4.03. The number of nitriles is 1. The number of hydrogen-bond acceptors (Lipinski definition) is 6. The van der Waals surface area contributed by atoms with Crippen LogP contribution in [0.1, 0.15) is 5.56 Å². The molecule has 0 fully saturated rings. The Morgan fingerprint density at radius 1 is 0.941 bits per heavy atom. The van der Waals surface area contributed by atoms with Gasteiger partial charge in [-0.15, -0.1) is 0 Å². The van der Waals surface area contributed by atoms with Crippen molar-refractivity contribution in [3.8, 4) is 28.5 Å². The number of halogens is 1. The third-order valence-electron chi connectivity index (χ3n) is 5.43. The van der Waals surface area contributed by atoms with Crippen molar-refractivity contribution in [2.75, 3.05) is 11.1 Å². The van der Waals surface area contributed by atoms with Crippen LogP contribution in [0.2, 0.25) is 0 Å². The molecule has 5 aromatic rings. The van der Waals surface area contributed by atoms with E-state index < -0.39 is 5.63 Å². The molecule has 6 nitrogen and oxygen atoms in total. The van der Waals surface area contributed by atoms with Gasteiger partial charge in [0.25, 0.3) is 0 Å². The highest BCUT2D eigenvalue weighted by molar-refractivity contribution is 9.10. The molecule has 0 unspecified atom stereocenters. The summed E-state index contributed by atoms with van der Waals surface area (Å²) in [5, 5.41) is 13.8. The van der Waals surface area contributed by atoms with Crippen LogP contribution in [0.3, 0.4) is 0 Å². The molecule has 7 heteroatoms. The summed E-state index contributed by atoms with van der Waals surface area (Å²) >= 11 is 3.56. The van der Waals surface area contributed by atoms with Gasteiger partial charge >= 0.3 is 5.63 Å². The molecule has 164 valence electrons. The quantitative estimate of drug-likeness (QED) is 0.269. The maximum absolute atomic E-state index is 11.9. The van der Waals surface area contributed by atoms with Gasteiger partial charge in [0.2, 0.25) is 0 Å². The van der Waals surface area contributed by atoms with Crippen molar-refractivity contribution in [3.63, 3.8) is 0 Å². The molecular formula is C27H17BrN4O2. The van der Waals surface area contributed by atoms with Crippen molar-refractivity contribution in [1.29, 1.82) is 5.26 Å². The molecular weight excluding hydrogens is 492 g/mol. The van der Waals surface area contributed by atoms with Gasteiger partial charge < -0.3 is 15.5 Å². The Balaban J connectivity index is 1.52. The first-order chi connectivity index (χ1) is 16.5. The largest absolute Gasteiger partial charge is 0.423 e. The Kier molecular flexibility index (Phi) is 5.58. The molecule has 0 spiro atoms. The topological polar surface area (TPSA) is 105 Å². The minimum Gasteiger partial charge on any atom is -0.423 e. The summed E-state index contributed by atoms with van der Waals surface area (Å²) in [4.78, 5) is 16.4. The normalized spacial score (nSPS) is 10.7. The number of nitrogen functional groups attached to an aromatic ring is 1. The summed E-state index contributed by atoms with van der Waals surface area (Å²) in [6.07, 6.45) is 0. The number of aromatic nitrogens is 1. The first-order valence-electron chi connectivity index (χ1n) is 10.4. The Bertz CT molecular complexity index is 1640. The Labute approximate surface area is 203 Å². The molecule has 3 aromatic carbocycles. The van der Waals surface area contributed by atoms with E-state index in [4.69, 9.17) is 10.2 Å². The van der Waals surface area contributed by atoms with Gasteiger partial charge in [-0.3, -0.25) is 0 Å². The van der Waals surface area contributed by atoms with Gasteiger partial charge in [0.1, 0.15) is 23.0 Å². The van der Waals surface area contributed by atoms with E-state index in [1.807, 2.05) is 72.8 Å². The molecule has 5 rings (SSSR count). The van der Waals surface area contributed by atoms with Crippen LogP contribution in [-0.4, -0.2) is 4.98 Å². The number of benzene rings is 3. The summed E-state index contributed by atoms with van der Waals surface area (Å²) < 4.78 is 6.12. The number of anilines is 3. The van der Waals surface area contributed by atoms with Crippen LogP contribution in [0, 0.1) is 11.3 Å². The van der Waals surface area contributed by atoms with Crippen LogP contribution in [-0.2, 0) is 0 Å². The van der Waals surface area contributed by atoms with Gasteiger partial charge in [-0.1, -0.05) is 58.4 Å². The van der Waals surface area contributed by atoms with E-state index in [1.54, 1.807) is 6.07 Å². The molecule has 0 saturated heterocycles. The first kappa shape index (κ1) is 21.4. The highest BCUT2D eigenvalue weighted by atomic mass is 79.9. The van der Waals surface area contributed by atoms with Crippen molar-refractivity contribution >= 4 is 44.1 Å². The van der Waals surface area contributed by atoms with Crippen LogP contribution >= 0.6 is 15.9 Å². The number of pyridine rings is 1. The summed E-state index contributed by atoms with van der Waals surface area (Å²) in [5.74, 6) is 0.176. The van der Waals surface area contributed by atoms with E-state index in [9.17, 15) is 10.1 Å². The predicted molar refractivity (Wildman–Crippen MR) is 138 cm³/mol. The molecule has 0 atom stereocenters. The fourth-order valence-electron chi connectivity index (χ4n) is 3.82. The van der Waals surface area contributed by atoms with Gasteiger partial charge in [-0.05, 0) is 42.0 Å². The number of fused-ring (bicyclic) bond motifs is 1. The number of para-hydroxylation sites is 1. The molecule has 3 N–H and O–H groups in total. The highest BCUT2D eigenvalue weighted by Crippen LogP contribution is 2.35. The van der Waals surface area contributed by atoms with Gasteiger partial charge in [0.15, 0.2) is 0 Å². The van der Waals surface area contributed by atoms with E-state index in [0.29, 0.717) is 28.1 Å². The van der Waals surface area contributed by atoms with Crippen LogP contribution in [0.15, 0.2) is 98.6 Å². The van der Waals surface area contributed by atoms with Gasteiger partial charge in [0.05, 0.1) is 11.4 Å². The van der Waals surface area contributed by atoms with Crippen molar-refractivity contribution in [2.45, 2.75) is 0 Å². The van der Waals surface area contributed by atoms with Crippen LogP contribution in [0.5, 0.6) is 0 Å². The van der Waals surface area contributed by atoms with Crippen molar-refractivity contribution in [1.82, 2.24) is 4.98 Å². The second-order valence-corrected chi connectivity index (χ2v) is 8.44. The number of nitrogens with two attached hydrogens (primary N) is 1. The average Bonchev–Trinajstić information content (AvgIpc) is 2.84. The Morgan fingerprint density at radius 3 is 2.44 bits per heavy atom. The number of hydrogen-bond donors (Lipinski definition) is 2. The number of rotatable bonds is 4. The monoisotopic (exact) mass is 508 g/mol. The molecule has 0 aliphatic carbocycles. The maximum atomic E-state index is 11.9. The van der Waals surface area contributed by atoms with Crippen LogP contribution in [0.25, 0.3) is 33.4 Å². The lowest BCUT2D eigenvalue weighted by atomic mass is 9.98. The first-order valence-corrected chi connectivity index (χ1v) is 11.2. The minimum atomic E-state index is -0.422. The number of nitrogens with one attached hydrogen (secondary N) is 1. The summed E-state index contributed by atoms with van der Waals surface area (Å²) in [6, 6.07) is 28.1. The average molecular weight is 509 g/mol. The highest BCUT2D eigenvalue weighted by Gasteiger charge is 2.15. The fourth-order valence-corrected chi connectivity index (χ4v) is 4.32. The van der Waals surface area contributed by atoms with Gasteiger partial charge in [-0.2, -0.15) is 5.26 Å². The molecule has 0 bridgehead atoms. The molecule has 0 saturated carbocycles. The second kappa shape index (κ2) is 8.85. The molecule has 2 heterocycles. The predicted octanol–water partition coefficient (Wildman–Crippen LogP) is 6.48. The zero-order valence-corrected chi connectivity index (χ0v) is 19.3. The summed E-state index contributed by atoms with van der Waals surface area (Å²) in [6.45, 7) is 0. The van der Waals surface area contributed by atoms with Crippen molar-refractivity contribution in [3.05, 3.63) is 105 Å². The lowest BCUT2D eigenvalue weighted by molar-refractivity contribution is 0.561. The van der Waals surface area contributed by atoms with Crippen LogP contribution < -0.4 is 16.7 Å². The smallest absolute Gasteiger partial charge is 0.338 e. The lowest BCUT2D eigenvalue weighted by Gasteiger charge is -2.12. The molecule has 34 heavy (non-hydrogen) atoms. The van der Waals surface area contributed by atoms with E-state index in [1.165, 1.54) is 6.07 Å². The van der Waals surface area contributed by atoms with Crippen LogP contribution in [0.4, 0.5) is 17.2 Å². The molecule has 0 aliphatic rings. The van der Waals surface area contributed by atoms with E-state index >= 15 is 0 Å². The molecule has 0 amide bonds. The van der Waals surface area contributed by atoms with Crippen molar-refractivity contribution in [2.24, 2.45) is 0 Å². The third-order valence-corrected chi connectivity index (χ3v) is 6.12. The van der Waals surface area contributed by atoms with E-state index in [2.05, 4.69) is 32.3 Å². The number of nitrogens with zero attached hydrogens (tertiary/aromatic N) is 2. The maximum Gasteiger partial charge on any atom is 0.338 e. The van der Waals surface area contributed by atoms with Gasteiger partial charge in [0, 0.05) is 32.7 Å². The van der Waals surface area contributed by atoms with Gasteiger partial charge in [-0.25, -0.2) is 9.78 Å². The fraction of sp³-hybridized carbons (Fsp3) is 0. The Hall–Kier alpha value is -4.41. The Morgan fingerprint density at radius 2 is 1.68 bits per heavy atom. The summed E-state index contributed by atoms with van der Waals surface area (Å²) in [5.41, 5.74) is 11.1. The zero-order valence-electron chi connectivity index (χ0n) is 17.7. The minimum absolute atomic E-state index is 0.176. The van der Waals surface area contributed by atoms with E-state index in [-0.39, 0.29) is 5.82 Å². The zero-order chi connectivity index (χ0) is 23.7. The van der Waals surface area contributed by atoms with Crippen molar-refractivity contribution < 1.29 is 4.42 Å².